The molecule has 0 bridgehead atoms. The number of hydrogen-bond acceptors (Lipinski definition) is 2. The Morgan fingerprint density at radius 1 is 0.912 bits per heavy atom. The van der Waals surface area contributed by atoms with Crippen LogP contribution in [0.25, 0.3) is 10.9 Å². The van der Waals surface area contributed by atoms with Crippen LogP contribution in [0.15, 0.2) is 60.8 Å². The van der Waals surface area contributed by atoms with E-state index in [1.165, 1.54) is 80.1 Å². The molecule has 1 saturated carbocycles. The fourth-order valence-electron chi connectivity index (χ4n) is 6.18. The van der Waals surface area contributed by atoms with Gasteiger partial charge in [-0.25, -0.2) is 0 Å². The highest BCUT2D eigenvalue weighted by molar-refractivity contribution is 5.86. The predicted octanol–water partition coefficient (Wildman–Crippen LogP) is 5.96. The largest absolute Gasteiger partial charge is 0.355 e. The lowest BCUT2D eigenvalue weighted by molar-refractivity contribution is -0.121. The minimum absolute atomic E-state index is 0.217. The molecule has 180 valence electrons. The third kappa shape index (κ3) is 5.55. The van der Waals surface area contributed by atoms with E-state index in [-0.39, 0.29) is 11.8 Å². The highest BCUT2D eigenvalue weighted by atomic mass is 16.1. The van der Waals surface area contributed by atoms with E-state index < -0.39 is 0 Å². The third-order valence-corrected chi connectivity index (χ3v) is 7.99. The van der Waals surface area contributed by atoms with Crippen LogP contribution in [-0.2, 0) is 11.3 Å². The van der Waals surface area contributed by atoms with Crippen LogP contribution < -0.4 is 5.32 Å². The fourth-order valence-corrected chi connectivity index (χ4v) is 6.18. The van der Waals surface area contributed by atoms with E-state index in [0.717, 1.165) is 19.6 Å². The molecule has 4 heteroatoms. The van der Waals surface area contributed by atoms with Crippen LogP contribution in [0.3, 0.4) is 0 Å². The van der Waals surface area contributed by atoms with Crippen LogP contribution in [0.5, 0.6) is 0 Å². The predicted molar refractivity (Wildman–Crippen MR) is 140 cm³/mol. The second-order valence-corrected chi connectivity index (χ2v) is 10.3. The van der Waals surface area contributed by atoms with Crippen molar-refractivity contribution in [2.75, 3.05) is 26.2 Å². The van der Waals surface area contributed by atoms with Crippen LogP contribution in [0, 0.1) is 5.92 Å². The number of fused-ring (bicyclic) bond motifs is 1. The van der Waals surface area contributed by atoms with Gasteiger partial charge in [0, 0.05) is 43.2 Å². The van der Waals surface area contributed by atoms with E-state index in [9.17, 15) is 4.79 Å². The van der Waals surface area contributed by atoms with Gasteiger partial charge in [-0.3, -0.25) is 4.79 Å². The number of amides is 1. The number of nitrogens with one attached hydrogen (secondary N) is 1. The van der Waals surface area contributed by atoms with Gasteiger partial charge >= 0.3 is 0 Å². The van der Waals surface area contributed by atoms with Crippen molar-refractivity contribution in [1.29, 1.82) is 0 Å². The molecule has 1 saturated heterocycles. The van der Waals surface area contributed by atoms with E-state index in [0.29, 0.717) is 12.3 Å². The molecule has 2 fully saturated rings. The first-order valence-corrected chi connectivity index (χ1v) is 13.4. The summed E-state index contributed by atoms with van der Waals surface area (Å²) in [5.74, 6) is 1.10. The highest BCUT2D eigenvalue weighted by Gasteiger charge is 2.29. The molecule has 1 amide bonds. The zero-order valence-electron chi connectivity index (χ0n) is 20.4. The van der Waals surface area contributed by atoms with Gasteiger partial charge in [0.25, 0.3) is 0 Å². The molecule has 5 rings (SSSR count). The van der Waals surface area contributed by atoms with Crippen molar-refractivity contribution in [3.63, 3.8) is 0 Å². The maximum atomic E-state index is 13.1. The lowest BCUT2D eigenvalue weighted by atomic mass is 9.75. The van der Waals surface area contributed by atoms with E-state index in [1.807, 2.05) is 0 Å². The summed E-state index contributed by atoms with van der Waals surface area (Å²) in [5, 5.41) is 4.57. The molecule has 1 atom stereocenters. The van der Waals surface area contributed by atoms with Crippen LogP contribution in [0.2, 0.25) is 0 Å². The maximum Gasteiger partial charge on any atom is 0.220 e. The average Bonchev–Trinajstić information content (AvgIpc) is 3.52. The van der Waals surface area contributed by atoms with Crippen LogP contribution in [0.1, 0.15) is 68.4 Å². The Morgan fingerprint density at radius 2 is 1.65 bits per heavy atom. The Bertz CT molecular complexity index is 1060. The maximum absolute atomic E-state index is 13.1. The van der Waals surface area contributed by atoms with Gasteiger partial charge in [0.05, 0.1) is 0 Å². The summed E-state index contributed by atoms with van der Waals surface area (Å²) in [4.78, 5) is 15.6. The fraction of sp³-hybridized carbons (Fsp3) is 0.500. The zero-order valence-corrected chi connectivity index (χ0v) is 20.4. The van der Waals surface area contributed by atoms with Crippen molar-refractivity contribution < 1.29 is 4.79 Å². The normalized spacial score (nSPS) is 18.4. The Kier molecular flexibility index (Phi) is 7.65. The average molecular weight is 458 g/mol. The molecule has 1 N–H and O–H groups in total. The number of hydrogen-bond donors (Lipinski definition) is 1. The summed E-state index contributed by atoms with van der Waals surface area (Å²) in [5.41, 5.74) is 3.95. The smallest absolute Gasteiger partial charge is 0.220 e. The third-order valence-electron chi connectivity index (χ3n) is 7.99. The lowest BCUT2D eigenvalue weighted by Crippen LogP contribution is -2.34. The number of aromatic nitrogens is 1. The molecule has 34 heavy (non-hydrogen) atoms. The Labute approximate surface area is 204 Å². The number of carbonyl (C=O) groups is 1. The molecule has 4 nitrogen and oxygen atoms in total. The van der Waals surface area contributed by atoms with Gasteiger partial charge < -0.3 is 14.8 Å². The minimum atomic E-state index is 0.217. The number of carbonyl (C=O) groups excluding carboxylic acids is 1. The number of rotatable bonds is 9. The molecular formula is C30H39N3O. The summed E-state index contributed by atoms with van der Waals surface area (Å²) >= 11 is 0. The van der Waals surface area contributed by atoms with Crippen LogP contribution in [-0.4, -0.2) is 41.6 Å². The summed E-state index contributed by atoms with van der Waals surface area (Å²) < 4.78 is 2.39. The van der Waals surface area contributed by atoms with Gasteiger partial charge in [-0.05, 0) is 67.8 Å². The van der Waals surface area contributed by atoms with Crippen LogP contribution >= 0.6 is 0 Å². The Balaban J connectivity index is 1.38. The lowest BCUT2D eigenvalue weighted by Gasteiger charge is -2.30. The summed E-state index contributed by atoms with van der Waals surface area (Å²) in [6.07, 6.45) is 11.9. The first kappa shape index (κ1) is 23.2. The highest BCUT2D eigenvalue weighted by Crippen LogP contribution is 2.41. The molecule has 2 aliphatic rings. The van der Waals surface area contributed by atoms with Crippen molar-refractivity contribution in [3.8, 4) is 0 Å². The van der Waals surface area contributed by atoms with E-state index in [4.69, 9.17) is 0 Å². The molecule has 3 aromatic rings. The summed E-state index contributed by atoms with van der Waals surface area (Å²) in [6.45, 7) is 4.98. The molecular weight excluding hydrogens is 418 g/mol. The molecule has 1 aromatic heterocycles. The van der Waals surface area contributed by atoms with E-state index >= 15 is 0 Å². The second kappa shape index (κ2) is 11.2. The van der Waals surface area contributed by atoms with Crippen LogP contribution in [0.4, 0.5) is 0 Å². The Morgan fingerprint density at radius 3 is 2.44 bits per heavy atom. The molecule has 0 radical (unpaired) electrons. The first-order valence-electron chi connectivity index (χ1n) is 13.4. The minimum Gasteiger partial charge on any atom is -0.355 e. The van der Waals surface area contributed by atoms with Crippen molar-refractivity contribution in [2.24, 2.45) is 5.92 Å². The van der Waals surface area contributed by atoms with Gasteiger partial charge in [0.15, 0.2) is 0 Å². The summed E-state index contributed by atoms with van der Waals surface area (Å²) in [6, 6.07) is 19.5. The molecule has 2 aromatic carbocycles. The zero-order chi connectivity index (χ0) is 23.2. The van der Waals surface area contributed by atoms with Gasteiger partial charge in [0.1, 0.15) is 0 Å². The van der Waals surface area contributed by atoms with Gasteiger partial charge in [0.2, 0.25) is 5.91 Å². The molecule has 1 aliphatic heterocycles. The van der Waals surface area contributed by atoms with E-state index in [2.05, 4.69) is 75.6 Å². The van der Waals surface area contributed by atoms with Gasteiger partial charge in [-0.2, -0.15) is 0 Å². The van der Waals surface area contributed by atoms with Gasteiger partial charge in [-0.15, -0.1) is 0 Å². The van der Waals surface area contributed by atoms with Crippen molar-refractivity contribution >= 4 is 16.8 Å². The molecule has 2 heterocycles. The number of para-hydroxylation sites is 1. The molecule has 0 unspecified atom stereocenters. The topological polar surface area (TPSA) is 37.3 Å². The SMILES string of the molecule is O=C(C[C@@H](c1cn(Cc2ccccc2)c2ccccc12)C1CCCCC1)NCCN1CCCC1. The van der Waals surface area contributed by atoms with E-state index in [1.54, 1.807) is 0 Å². The van der Waals surface area contributed by atoms with Crippen molar-refractivity contribution in [1.82, 2.24) is 14.8 Å². The second-order valence-electron chi connectivity index (χ2n) is 10.3. The number of nitrogens with zero attached hydrogens (tertiary/aromatic N) is 2. The molecule has 0 spiro atoms. The standard InChI is InChI=1S/C30H39N3O/c34-30(31-17-20-32-18-9-10-19-32)21-27(25-13-5-2-6-14-25)28-23-33(22-24-11-3-1-4-12-24)29-16-8-7-15-26(28)29/h1,3-4,7-8,11-12,15-16,23,25,27H,2,5-6,9-10,13-14,17-22H2,(H,31,34)/t27-/m1/s1. The van der Waals surface area contributed by atoms with Gasteiger partial charge in [-0.1, -0.05) is 67.8 Å². The van der Waals surface area contributed by atoms with Crippen molar-refractivity contribution in [2.45, 2.75) is 63.8 Å². The first-order chi connectivity index (χ1) is 16.8. The number of likely N-dealkylation sites (tertiary alicyclic amines) is 1. The quantitative estimate of drug-likeness (QED) is 0.431. The summed E-state index contributed by atoms with van der Waals surface area (Å²) in [7, 11) is 0. The monoisotopic (exact) mass is 457 g/mol. The Hall–Kier alpha value is -2.59. The van der Waals surface area contributed by atoms with Crippen molar-refractivity contribution in [3.05, 3.63) is 71.9 Å². The number of benzene rings is 2. The molecule has 1 aliphatic carbocycles.